The zero-order chi connectivity index (χ0) is 22.8. The van der Waals surface area contributed by atoms with E-state index >= 15 is 0 Å². The van der Waals surface area contributed by atoms with E-state index in [0.29, 0.717) is 11.3 Å². The Labute approximate surface area is 182 Å². The van der Waals surface area contributed by atoms with E-state index in [-0.39, 0.29) is 22.6 Å². The fourth-order valence-corrected chi connectivity index (χ4v) is 3.46. The quantitative estimate of drug-likeness (QED) is 0.347. The Morgan fingerprint density at radius 3 is 2.09 bits per heavy atom. The van der Waals surface area contributed by atoms with Crippen LogP contribution in [-0.4, -0.2) is 16.7 Å². The normalized spacial score (nSPS) is 13.6. The molecule has 1 aliphatic rings. The predicted molar refractivity (Wildman–Crippen MR) is 118 cm³/mol. The molecule has 1 N–H and O–H groups in total. The summed E-state index contributed by atoms with van der Waals surface area (Å²) in [6.07, 6.45) is 0.854. The molecule has 0 bridgehead atoms. The average molecular weight is 431 g/mol. The number of carbonyl (C=O) groups is 2. The lowest BCUT2D eigenvalue weighted by atomic mass is 10.0. The number of nitro benzene ring substituents is 1. The molecular weight excluding hydrogens is 413 g/mol. The molecule has 0 unspecified atom stereocenters. The third-order valence-electron chi connectivity index (χ3n) is 5.17. The van der Waals surface area contributed by atoms with Crippen LogP contribution in [0.15, 0.2) is 78.5 Å². The summed E-state index contributed by atoms with van der Waals surface area (Å²) in [4.78, 5) is 38.0. The highest BCUT2D eigenvalue weighted by Crippen LogP contribution is 2.34. The molecule has 0 saturated carbocycles. The number of amides is 2. The maximum atomic E-state index is 13.4. The first kappa shape index (κ1) is 20.9. The van der Waals surface area contributed by atoms with Crippen molar-refractivity contribution in [1.82, 2.24) is 0 Å². The average Bonchev–Trinajstić information content (AvgIpc) is 3.04. The minimum atomic E-state index is -0.608. The number of rotatable bonds is 6. The lowest BCUT2D eigenvalue weighted by Crippen LogP contribution is -2.32. The molecule has 1 aliphatic heterocycles. The van der Waals surface area contributed by atoms with Crippen LogP contribution in [0.25, 0.3) is 5.57 Å². The summed E-state index contributed by atoms with van der Waals surface area (Å²) in [6, 6.07) is 17.8. The molecule has 3 aromatic carbocycles. The molecule has 0 atom stereocenters. The van der Waals surface area contributed by atoms with E-state index in [2.05, 4.69) is 5.32 Å². The van der Waals surface area contributed by atoms with Gasteiger partial charge in [0.25, 0.3) is 17.5 Å². The highest BCUT2D eigenvalue weighted by Gasteiger charge is 2.40. The van der Waals surface area contributed by atoms with E-state index in [0.717, 1.165) is 29.0 Å². The van der Waals surface area contributed by atoms with Crippen LogP contribution in [-0.2, 0) is 16.0 Å². The second-order valence-corrected chi connectivity index (χ2v) is 7.15. The van der Waals surface area contributed by atoms with Crippen molar-refractivity contribution < 1.29 is 18.9 Å². The Morgan fingerprint density at radius 1 is 0.906 bits per heavy atom. The number of non-ortho nitro benzene ring substituents is 1. The van der Waals surface area contributed by atoms with Gasteiger partial charge in [-0.2, -0.15) is 0 Å². The molecule has 3 aromatic rings. The predicted octanol–water partition coefficient (Wildman–Crippen LogP) is 4.69. The van der Waals surface area contributed by atoms with Crippen LogP contribution >= 0.6 is 0 Å². The first-order valence-corrected chi connectivity index (χ1v) is 9.88. The number of carbonyl (C=O) groups excluding carboxylic acids is 2. The molecule has 0 aliphatic carbocycles. The Kier molecular flexibility index (Phi) is 5.51. The number of anilines is 2. The number of halogens is 1. The number of imide groups is 1. The molecule has 2 amide bonds. The number of nitrogens with one attached hydrogen (secondary N) is 1. The zero-order valence-electron chi connectivity index (χ0n) is 17.0. The Morgan fingerprint density at radius 2 is 1.53 bits per heavy atom. The first-order chi connectivity index (χ1) is 15.4. The smallest absolute Gasteiger partial charge is 0.282 e. The Hall–Kier alpha value is -4.33. The van der Waals surface area contributed by atoms with Crippen LogP contribution < -0.4 is 10.2 Å². The summed E-state index contributed by atoms with van der Waals surface area (Å²) in [5.41, 5.74) is 2.28. The molecule has 7 nitrogen and oxygen atoms in total. The third-order valence-corrected chi connectivity index (χ3v) is 5.17. The second kappa shape index (κ2) is 8.43. The van der Waals surface area contributed by atoms with E-state index in [1.54, 1.807) is 12.1 Å². The Bertz CT molecular complexity index is 1230. The van der Waals surface area contributed by atoms with Gasteiger partial charge in [0, 0.05) is 17.8 Å². The topological polar surface area (TPSA) is 92.6 Å². The summed E-state index contributed by atoms with van der Waals surface area (Å²) in [7, 11) is 0. The monoisotopic (exact) mass is 431 g/mol. The SMILES string of the molecule is CCc1ccc(NC2=C(c3ccc([N+](=O)[O-])cc3)C(=O)N(c3ccc(F)cc3)C2=O)cc1. The van der Waals surface area contributed by atoms with Gasteiger partial charge in [0.05, 0.1) is 16.2 Å². The fraction of sp³-hybridized carbons (Fsp3) is 0.0833. The standard InChI is InChI=1S/C24H18FN3O4/c1-2-15-3-9-18(10-4-15)26-22-21(16-5-11-20(12-6-16)28(31)32)23(29)27(24(22)30)19-13-7-17(25)8-14-19/h3-14,26H,2H2,1H3. The van der Waals surface area contributed by atoms with Crippen molar-refractivity contribution in [1.29, 1.82) is 0 Å². The van der Waals surface area contributed by atoms with Crippen LogP contribution in [0, 0.1) is 15.9 Å². The molecule has 0 radical (unpaired) electrons. The Balaban J connectivity index is 1.79. The molecular formula is C24H18FN3O4. The van der Waals surface area contributed by atoms with Gasteiger partial charge in [-0.25, -0.2) is 9.29 Å². The minimum absolute atomic E-state index is 0.0393. The molecule has 32 heavy (non-hydrogen) atoms. The first-order valence-electron chi connectivity index (χ1n) is 9.88. The van der Waals surface area contributed by atoms with Crippen LogP contribution in [0.3, 0.4) is 0 Å². The van der Waals surface area contributed by atoms with Crippen molar-refractivity contribution in [3.05, 3.63) is 106 Å². The zero-order valence-corrected chi connectivity index (χ0v) is 17.0. The van der Waals surface area contributed by atoms with Crippen LogP contribution in [0.4, 0.5) is 21.5 Å². The summed E-state index contributed by atoms with van der Waals surface area (Å²) >= 11 is 0. The van der Waals surface area contributed by atoms with Gasteiger partial charge in [-0.05, 0) is 66.1 Å². The van der Waals surface area contributed by atoms with E-state index in [4.69, 9.17) is 0 Å². The van der Waals surface area contributed by atoms with Crippen molar-refractivity contribution in [3.8, 4) is 0 Å². The van der Waals surface area contributed by atoms with Crippen molar-refractivity contribution in [2.75, 3.05) is 10.2 Å². The summed E-state index contributed by atoms with van der Waals surface area (Å²) < 4.78 is 13.4. The largest absolute Gasteiger partial charge is 0.350 e. The molecule has 0 saturated heterocycles. The van der Waals surface area contributed by atoms with E-state index in [1.165, 1.54) is 36.4 Å². The van der Waals surface area contributed by atoms with Gasteiger partial charge < -0.3 is 5.32 Å². The lowest BCUT2D eigenvalue weighted by molar-refractivity contribution is -0.384. The maximum Gasteiger partial charge on any atom is 0.282 e. The van der Waals surface area contributed by atoms with Crippen molar-refractivity contribution in [2.24, 2.45) is 0 Å². The van der Waals surface area contributed by atoms with E-state index in [1.807, 2.05) is 19.1 Å². The number of nitrogens with zero attached hydrogens (tertiary/aromatic N) is 2. The van der Waals surface area contributed by atoms with Gasteiger partial charge in [-0.15, -0.1) is 0 Å². The van der Waals surface area contributed by atoms with Crippen LogP contribution in [0.5, 0.6) is 0 Å². The number of hydrogen-bond donors (Lipinski definition) is 1. The van der Waals surface area contributed by atoms with Gasteiger partial charge >= 0.3 is 0 Å². The molecule has 0 aromatic heterocycles. The molecule has 8 heteroatoms. The highest BCUT2D eigenvalue weighted by atomic mass is 19.1. The van der Waals surface area contributed by atoms with Crippen LogP contribution in [0.1, 0.15) is 18.1 Å². The number of benzene rings is 3. The number of hydrogen-bond acceptors (Lipinski definition) is 5. The molecule has 4 rings (SSSR count). The van der Waals surface area contributed by atoms with E-state index in [9.17, 15) is 24.1 Å². The maximum absolute atomic E-state index is 13.4. The fourth-order valence-electron chi connectivity index (χ4n) is 3.46. The molecule has 1 heterocycles. The van der Waals surface area contributed by atoms with Crippen molar-refractivity contribution in [3.63, 3.8) is 0 Å². The highest BCUT2D eigenvalue weighted by molar-refractivity contribution is 6.46. The van der Waals surface area contributed by atoms with E-state index < -0.39 is 22.6 Å². The lowest BCUT2D eigenvalue weighted by Gasteiger charge is -2.15. The number of nitro groups is 1. The molecule has 0 fully saturated rings. The summed E-state index contributed by atoms with van der Waals surface area (Å²) in [6.45, 7) is 2.03. The summed E-state index contributed by atoms with van der Waals surface area (Å²) in [5, 5.41) is 14.0. The number of aryl methyl sites for hydroxylation is 1. The van der Waals surface area contributed by atoms with Crippen molar-refractivity contribution >= 4 is 34.4 Å². The molecule has 0 spiro atoms. The minimum Gasteiger partial charge on any atom is -0.350 e. The molecule has 160 valence electrons. The second-order valence-electron chi connectivity index (χ2n) is 7.15. The van der Waals surface area contributed by atoms with Gasteiger partial charge in [0.2, 0.25) is 0 Å². The van der Waals surface area contributed by atoms with Gasteiger partial charge in [0.15, 0.2) is 0 Å². The third kappa shape index (κ3) is 3.85. The van der Waals surface area contributed by atoms with Gasteiger partial charge in [-0.1, -0.05) is 19.1 Å². The summed E-state index contributed by atoms with van der Waals surface area (Å²) in [5.74, 6) is -1.71. The van der Waals surface area contributed by atoms with Crippen molar-refractivity contribution in [2.45, 2.75) is 13.3 Å². The van der Waals surface area contributed by atoms with Crippen LogP contribution in [0.2, 0.25) is 0 Å². The van der Waals surface area contributed by atoms with Gasteiger partial charge in [0.1, 0.15) is 11.5 Å². The van der Waals surface area contributed by atoms with Gasteiger partial charge in [-0.3, -0.25) is 19.7 Å².